The van der Waals surface area contributed by atoms with Crippen molar-refractivity contribution in [3.8, 4) is 0 Å². The maximum Gasteiger partial charge on any atom is 0.233 e. The van der Waals surface area contributed by atoms with Crippen molar-refractivity contribution in [2.24, 2.45) is 0 Å². The Kier molecular flexibility index (Phi) is 3.08. The van der Waals surface area contributed by atoms with Gasteiger partial charge in [0.1, 0.15) is 5.82 Å². The van der Waals surface area contributed by atoms with Crippen LogP contribution in [0.4, 0.5) is 15.8 Å². The van der Waals surface area contributed by atoms with E-state index < -0.39 is 5.82 Å². The second-order valence-corrected chi connectivity index (χ2v) is 4.07. The maximum atomic E-state index is 13.2. The predicted molar refractivity (Wildman–Crippen MR) is 61.8 cm³/mol. The molecule has 1 heterocycles. The van der Waals surface area contributed by atoms with E-state index in [1.54, 1.807) is 0 Å². The first-order valence-electron chi connectivity index (χ1n) is 5.50. The molecule has 1 aromatic rings. The zero-order valence-corrected chi connectivity index (χ0v) is 9.28. The SMILES string of the molecule is Nc1cc(F)cc(N2C(=O)CCCCC2=O)c1. The highest BCUT2D eigenvalue weighted by Crippen LogP contribution is 2.24. The van der Waals surface area contributed by atoms with E-state index in [0.29, 0.717) is 25.7 Å². The van der Waals surface area contributed by atoms with Crippen LogP contribution in [-0.2, 0) is 9.59 Å². The molecule has 1 fully saturated rings. The summed E-state index contributed by atoms with van der Waals surface area (Å²) in [6.45, 7) is 0. The molecule has 90 valence electrons. The normalized spacial score (nSPS) is 17.1. The first-order chi connectivity index (χ1) is 8.08. The molecule has 4 nitrogen and oxygen atoms in total. The third-order valence-electron chi connectivity index (χ3n) is 2.69. The summed E-state index contributed by atoms with van der Waals surface area (Å²) in [4.78, 5) is 24.6. The van der Waals surface area contributed by atoms with Crippen LogP contribution in [0.15, 0.2) is 18.2 Å². The molecular formula is C12H13FN2O2. The number of carbonyl (C=O) groups excluding carboxylic acids is 2. The van der Waals surface area contributed by atoms with Gasteiger partial charge in [0.25, 0.3) is 0 Å². The number of nitrogens with two attached hydrogens (primary N) is 1. The van der Waals surface area contributed by atoms with Gasteiger partial charge in [-0.05, 0) is 31.0 Å². The Labute approximate surface area is 98.2 Å². The number of nitrogens with zero attached hydrogens (tertiary/aromatic N) is 1. The van der Waals surface area contributed by atoms with E-state index in [1.807, 2.05) is 0 Å². The van der Waals surface area contributed by atoms with Gasteiger partial charge in [0, 0.05) is 18.5 Å². The van der Waals surface area contributed by atoms with Crippen LogP contribution >= 0.6 is 0 Å². The first kappa shape index (κ1) is 11.6. The Bertz CT molecular complexity index is 435. The molecule has 0 bridgehead atoms. The number of amides is 2. The number of halogens is 1. The molecule has 0 saturated carbocycles. The summed E-state index contributed by atoms with van der Waals surface area (Å²) < 4.78 is 13.2. The van der Waals surface area contributed by atoms with Crippen LogP contribution < -0.4 is 10.6 Å². The highest BCUT2D eigenvalue weighted by Gasteiger charge is 2.26. The van der Waals surface area contributed by atoms with Gasteiger partial charge >= 0.3 is 0 Å². The summed E-state index contributed by atoms with van der Waals surface area (Å²) in [6, 6.07) is 3.73. The standard InChI is InChI=1S/C12H13FN2O2/c13-8-5-9(14)7-10(6-8)15-11(16)3-1-2-4-12(15)17/h5-7H,1-4,14H2. The van der Waals surface area contributed by atoms with E-state index in [2.05, 4.69) is 0 Å². The van der Waals surface area contributed by atoms with Crippen LogP contribution in [0.25, 0.3) is 0 Å². The number of hydrogen-bond donors (Lipinski definition) is 1. The summed E-state index contributed by atoms with van der Waals surface area (Å²) in [5.41, 5.74) is 5.93. The van der Waals surface area contributed by atoms with Crippen molar-refractivity contribution in [3.05, 3.63) is 24.0 Å². The van der Waals surface area contributed by atoms with Gasteiger partial charge in [-0.15, -0.1) is 0 Å². The molecule has 1 aliphatic rings. The smallest absolute Gasteiger partial charge is 0.233 e. The van der Waals surface area contributed by atoms with Crippen molar-refractivity contribution in [1.29, 1.82) is 0 Å². The minimum atomic E-state index is -0.551. The lowest BCUT2D eigenvalue weighted by Gasteiger charge is -2.19. The molecule has 0 aliphatic carbocycles. The zero-order valence-electron chi connectivity index (χ0n) is 9.28. The summed E-state index contributed by atoms with van der Waals surface area (Å²) in [5, 5.41) is 0. The third-order valence-corrected chi connectivity index (χ3v) is 2.69. The fourth-order valence-corrected chi connectivity index (χ4v) is 1.93. The van der Waals surface area contributed by atoms with Gasteiger partial charge in [-0.3, -0.25) is 14.5 Å². The molecule has 2 N–H and O–H groups in total. The molecule has 0 aromatic heterocycles. The van der Waals surface area contributed by atoms with Gasteiger partial charge in [0.15, 0.2) is 0 Å². The fourth-order valence-electron chi connectivity index (χ4n) is 1.93. The fraction of sp³-hybridized carbons (Fsp3) is 0.333. The van der Waals surface area contributed by atoms with Crippen molar-refractivity contribution in [2.45, 2.75) is 25.7 Å². The molecular weight excluding hydrogens is 223 g/mol. The van der Waals surface area contributed by atoms with Crippen LogP contribution in [0.5, 0.6) is 0 Å². The lowest BCUT2D eigenvalue weighted by molar-refractivity contribution is -0.125. The molecule has 1 saturated heterocycles. The third kappa shape index (κ3) is 2.43. The van der Waals surface area contributed by atoms with Gasteiger partial charge in [0.2, 0.25) is 11.8 Å². The lowest BCUT2D eigenvalue weighted by Crippen LogP contribution is -2.35. The topological polar surface area (TPSA) is 63.4 Å². The van der Waals surface area contributed by atoms with Crippen molar-refractivity contribution in [2.75, 3.05) is 10.6 Å². The predicted octanol–water partition coefficient (Wildman–Crippen LogP) is 1.84. The minimum Gasteiger partial charge on any atom is -0.399 e. The van der Waals surface area contributed by atoms with E-state index >= 15 is 0 Å². The Hall–Kier alpha value is -1.91. The molecule has 1 aromatic carbocycles. The Morgan fingerprint density at radius 2 is 1.65 bits per heavy atom. The molecule has 0 atom stereocenters. The van der Waals surface area contributed by atoms with E-state index in [9.17, 15) is 14.0 Å². The van der Waals surface area contributed by atoms with E-state index in [0.717, 1.165) is 17.0 Å². The van der Waals surface area contributed by atoms with Gasteiger partial charge < -0.3 is 5.73 Å². The zero-order chi connectivity index (χ0) is 12.4. The molecule has 2 amide bonds. The lowest BCUT2D eigenvalue weighted by atomic mass is 10.2. The number of carbonyl (C=O) groups is 2. The molecule has 0 radical (unpaired) electrons. The second-order valence-electron chi connectivity index (χ2n) is 4.07. The van der Waals surface area contributed by atoms with Gasteiger partial charge in [-0.1, -0.05) is 0 Å². The summed E-state index contributed by atoms with van der Waals surface area (Å²) in [6.07, 6.45) is 1.99. The second kappa shape index (κ2) is 4.53. The molecule has 0 unspecified atom stereocenters. The minimum absolute atomic E-state index is 0.199. The van der Waals surface area contributed by atoms with E-state index in [1.165, 1.54) is 6.07 Å². The van der Waals surface area contributed by atoms with Crippen LogP contribution in [-0.4, -0.2) is 11.8 Å². The van der Waals surface area contributed by atoms with Crippen LogP contribution in [0, 0.1) is 5.82 Å². The summed E-state index contributed by atoms with van der Waals surface area (Å²) >= 11 is 0. The highest BCUT2D eigenvalue weighted by atomic mass is 19.1. The Balaban J connectivity index is 2.41. The number of benzene rings is 1. The summed E-state index contributed by atoms with van der Waals surface area (Å²) in [5.74, 6) is -1.14. The van der Waals surface area contributed by atoms with Gasteiger partial charge in [-0.2, -0.15) is 0 Å². The number of anilines is 2. The Morgan fingerprint density at radius 3 is 2.18 bits per heavy atom. The Morgan fingerprint density at radius 1 is 1.06 bits per heavy atom. The molecule has 0 spiro atoms. The number of nitrogen functional groups attached to an aromatic ring is 1. The molecule has 5 heteroatoms. The monoisotopic (exact) mass is 236 g/mol. The largest absolute Gasteiger partial charge is 0.399 e. The van der Waals surface area contributed by atoms with Crippen LogP contribution in [0.3, 0.4) is 0 Å². The molecule has 2 rings (SSSR count). The van der Waals surface area contributed by atoms with E-state index in [4.69, 9.17) is 5.73 Å². The van der Waals surface area contributed by atoms with Gasteiger partial charge in [-0.25, -0.2) is 4.39 Å². The average Bonchev–Trinajstić information content (AvgIpc) is 2.38. The molecule has 17 heavy (non-hydrogen) atoms. The van der Waals surface area contributed by atoms with Crippen LogP contribution in [0.1, 0.15) is 25.7 Å². The quantitative estimate of drug-likeness (QED) is 0.597. The summed E-state index contributed by atoms with van der Waals surface area (Å²) in [7, 11) is 0. The average molecular weight is 236 g/mol. The highest BCUT2D eigenvalue weighted by molar-refractivity contribution is 6.15. The van der Waals surface area contributed by atoms with Crippen molar-refractivity contribution in [3.63, 3.8) is 0 Å². The van der Waals surface area contributed by atoms with Crippen molar-refractivity contribution < 1.29 is 14.0 Å². The molecule has 1 aliphatic heterocycles. The van der Waals surface area contributed by atoms with Crippen LogP contribution in [0.2, 0.25) is 0 Å². The van der Waals surface area contributed by atoms with Crippen molar-refractivity contribution in [1.82, 2.24) is 0 Å². The van der Waals surface area contributed by atoms with Crippen molar-refractivity contribution >= 4 is 23.2 Å². The maximum absolute atomic E-state index is 13.2. The number of hydrogen-bond acceptors (Lipinski definition) is 3. The first-order valence-corrected chi connectivity index (χ1v) is 5.50. The van der Waals surface area contributed by atoms with Gasteiger partial charge in [0.05, 0.1) is 5.69 Å². The van der Waals surface area contributed by atoms with E-state index in [-0.39, 0.29) is 23.2 Å². The number of rotatable bonds is 1. The number of imide groups is 1.